The van der Waals surface area contributed by atoms with Crippen LogP contribution < -0.4 is 4.74 Å². The van der Waals surface area contributed by atoms with Crippen LogP contribution in [-0.4, -0.2) is 57.2 Å². The minimum absolute atomic E-state index is 0.0643. The first kappa shape index (κ1) is 17.9. The fourth-order valence-corrected chi connectivity index (χ4v) is 3.86. The number of hydrogen-bond acceptors (Lipinski definition) is 6. The van der Waals surface area contributed by atoms with Crippen molar-refractivity contribution in [1.82, 2.24) is 19.9 Å². The standard InChI is InChI=1S/C20H24N4O3/c1-15-2-6-23-18(12-15)27-16-3-11-26-20(13-16)4-9-24(10-5-20)19(25)17-14-21-7-8-22-17/h2,6-8,12,14,16H,3-5,9-11,13H2,1H3. The summed E-state index contributed by atoms with van der Waals surface area (Å²) in [7, 11) is 0. The van der Waals surface area contributed by atoms with Crippen LogP contribution in [0.1, 0.15) is 41.7 Å². The Kier molecular flexibility index (Phi) is 5.03. The Labute approximate surface area is 158 Å². The molecule has 2 fully saturated rings. The second kappa shape index (κ2) is 7.60. The molecule has 0 bridgehead atoms. The molecule has 1 amide bonds. The Morgan fingerprint density at radius 3 is 2.85 bits per heavy atom. The summed E-state index contributed by atoms with van der Waals surface area (Å²) in [5.41, 5.74) is 1.31. The molecule has 0 radical (unpaired) electrons. The molecule has 4 heterocycles. The van der Waals surface area contributed by atoms with Crippen LogP contribution in [0, 0.1) is 6.92 Å². The van der Waals surface area contributed by atoms with Gasteiger partial charge in [0, 0.05) is 50.6 Å². The van der Waals surface area contributed by atoms with Crippen molar-refractivity contribution in [3.8, 4) is 5.88 Å². The van der Waals surface area contributed by atoms with E-state index in [9.17, 15) is 4.79 Å². The fourth-order valence-electron chi connectivity index (χ4n) is 3.86. The first-order valence-corrected chi connectivity index (χ1v) is 9.42. The van der Waals surface area contributed by atoms with Crippen molar-refractivity contribution in [3.05, 3.63) is 48.2 Å². The highest BCUT2D eigenvalue weighted by molar-refractivity contribution is 5.92. The average molecular weight is 368 g/mol. The van der Waals surface area contributed by atoms with Gasteiger partial charge in [0.15, 0.2) is 0 Å². The Balaban J connectivity index is 1.36. The molecule has 27 heavy (non-hydrogen) atoms. The van der Waals surface area contributed by atoms with Crippen molar-refractivity contribution in [2.45, 2.75) is 44.3 Å². The molecule has 0 aliphatic carbocycles. The summed E-state index contributed by atoms with van der Waals surface area (Å²) in [6.45, 7) is 4.02. The fraction of sp³-hybridized carbons (Fsp3) is 0.500. The molecule has 142 valence electrons. The topological polar surface area (TPSA) is 77.4 Å². The number of aryl methyl sites for hydroxylation is 1. The second-order valence-corrected chi connectivity index (χ2v) is 7.32. The highest BCUT2D eigenvalue weighted by Crippen LogP contribution is 2.36. The van der Waals surface area contributed by atoms with Crippen molar-refractivity contribution in [1.29, 1.82) is 0 Å². The molecule has 2 aliphatic heterocycles. The summed E-state index contributed by atoms with van der Waals surface area (Å²) < 4.78 is 12.3. The predicted molar refractivity (Wildman–Crippen MR) is 98.5 cm³/mol. The lowest BCUT2D eigenvalue weighted by Gasteiger charge is -2.45. The van der Waals surface area contributed by atoms with Crippen LogP contribution in [0.4, 0.5) is 0 Å². The molecule has 7 heteroatoms. The van der Waals surface area contributed by atoms with Crippen molar-refractivity contribution in [3.63, 3.8) is 0 Å². The maximum atomic E-state index is 12.6. The zero-order valence-electron chi connectivity index (χ0n) is 15.5. The van der Waals surface area contributed by atoms with Crippen LogP contribution in [-0.2, 0) is 4.74 Å². The molecule has 0 N–H and O–H groups in total. The van der Waals surface area contributed by atoms with Crippen LogP contribution >= 0.6 is 0 Å². The summed E-state index contributed by atoms with van der Waals surface area (Å²) in [6, 6.07) is 3.92. The number of piperidine rings is 1. The van der Waals surface area contributed by atoms with E-state index in [2.05, 4.69) is 15.0 Å². The van der Waals surface area contributed by atoms with E-state index in [-0.39, 0.29) is 17.6 Å². The lowest BCUT2D eigenvalue weighted by Crippen LogP contribution is -2.52. The Hall–Kier alpha value is -2.54. The van der Waals surface area contributed by atoms with Crippen LogP contribution in [0.2, 0.25) is 0 Å². The van der Waals surface area contributed by atoms with Gasteiger partial charge in [-0.15, -0.1) is 0 Å². The number of aromatic nitrogens is 3. The van der Waals surface area contributed by atoms with Gasteiger partial charge in [0.2, 0.25) is 5.88 Å². The molecule has 0 saturated carbocycles. The van der Waals surface area contributed by atoms with E-state index in [0.29, 0.717) is 31.3 Å². The summed E-state index contributed by atoms with van der Waals surface area (Å²) in [5, 5.41) is 0. The summed E-state index contributed by atoms with van der Waals surface area (Å²) in [4.78, 5) is 26.8. The van der Waals surface area contributed by atoms with E-state index in [1.807, 2.05) is 24.0 Å². The summed E-state index contributed by atoms with van der Waals surface area (Å²) in [5.74, 6) is 0.609. The molecule has 2 aliphatic rings. The van der Waals surface area contributed by atoms with Gasteiger partial charge in [-0.25, -0.2) is 9.97 Å². The van der Waals surface area contributed by atoms with Crippen molar-refractivity contribution < 1.29 is 14.3 Å². The molecule has 1 unspecified atom stereocenters. The third-order valence-electron chi connectivity index (χ3n) is 5.37. The second-order valence-electron chi connectivity index (χ2n) is 7.32. The molecule has 2 aromatic rings. The van der Waals surface area contributed by atoms with E-state index in [0.717, 1.165) is 31.2 Å². The van der Waals surface area contributed by atoms with E-state index < -0.39 is 0 Å². The Morgan fingerprint density at radius 1 is 1.26 bits per heavy atom. The zero-order valence-corrected chi connectivity index (χ0v) is 15.5. The third-order valence-corrected chi connectivity index (χ3v) is 5.37. The Bertz CT molecular complexity index is 791. The smallest absolute Gasteiger partial charge is 0.274 e. The number of rotatable bonds is 3. The van der Waals surface area contributed by atoms with Crippen LogP contribution in [0.5, 0.6) is 5.88 Å². The van der Waals surface area contributed by atoms with Gasteiger partial charge in [-0.3, -0.25) is 9.78 Å². The minimum atomic E-state index is -0.216. The number of likely N-dealkylation sites (tertiary alicyclic amines) is 1. The molecule has 2 saturated heterocycles. The highest BCUT2D eigenvalue weighted by atomic mass is 16.5. The lowest BCUT2D eigenvalue weighted by atomic mass is 9.83. The number of pyridine rings is 1. The maximum Gasteiger partial charge on any atom is 0.274 e. The summed E-state index contributed by atoms with van der Waals surface area (Å²) in [6.07, 6.45) is 9.80. The quantitative estimate of drug-likeness (QED) is 0.828. The third kappa shape index (κ3) is 4.08. The zero-order chi connectivity index (χ0) is 18.7. The average Bonchev–Trinajstić information content (AvgIpc) is 2.69. The van der Waals surface area contributed by atoms with E-state index in [1.54, 1.807) is 18.6 Å². The van der Waals surface area contributed by atoms with Gasteiger partial charge in [-0.2, -0.15) is 0 Å². The van der Waals surface area contributed by atoms with Gasteiger partial charge in [0.05, 0.1) is 18.4 Å². The van der Waals surface area contributed by atoms with Crippen LogP contribution in [0.15, 0.2) is 36.9 Å². The lowest BCUT2D eigenvalue weighted by molar-refractivity contribution is -0.135. The van der Waals surface area contributed by atoms with E-state index >= 15 is 0 Å². The number of ether oxygens (including phenoxy) is 2. The number of carbonyl (C=O) groups excluding carboxylic acids is 1. The van der Waals surface area contributed by atoms with Gasteiger partial charge in [-0.05, 0) is 31.4 Å². The highest BCUT2D eigenvalue weighted by Gasteiger charge is 2.42. The number of hydrogen-bond donors (Lipinski definition) is 0. The molecule has 1 atom stereocenters. The van der Waals surface area contributed by atoms with Crippen LogP contribution in [0.25, 0.3) is 0 Å². The largest absolute Gasteiger partial charge is 0.474 e. The monoisotopic (exact) mass is 368 g/mol. The number of carbonyl (C=O) groups is 1. The normalized spacial score (nSPS) is 21.8. The maximum absolute atomic E-state index is 12.6. The van der Waals surface area contributed by atoms with Gasteiger partial charge in [0.25, 0.3) is 5.91 Å². The van der Waals surface area contributed by atoms with Crippen molar-refractivity contribution in [2.24, 2.45) is 0 Å². The first-order valence-electron chi connectivity index (χ1n) is 9.42. The molecule has 7 nitrogen and oxygen atoms in total. The Morgan fingerprint density at radius 2 is 2.11 bits per heavy atom. The van der Waals surface area contributed by atoms with Gasteiger partial charge >= 0.3 is 0 Å². The predicted octanol–water partition coefficient (Wildman–Crippen LogP) is 2.41. The van der Waals surface area contributed by atoms with Gasteiger partial charge in [-0.1, -0.05) is 0 Å². The molecular weight excluding hydrogens is 344 g/mol. The number of amides is 1. The van der Waals surface area contributed by atoms with Gasteiger partial charge < -0.3 is 14.4 Å². The van der Waals surface area contributed by atoms with E-state index in [4.69, 9.17) is 9.47 Å². The summed E-state index contributed by atoms with van der Waals surface area (Å²) >= 11 is 0. The van der Waals surface area contributed by atoms with Gasteiger partial charge in [0.1, 0.15) is 11.8 Å². The number of nitrogens with zero attached hydrogens (tertiary/aromatic N) is 4. The van der Waals surface area contributed by atoms with Crippen molar-refractivity contribution in [2.75, 3.05) is 19.7 Å². The van der Waals surface area contributed by atoms with Crippen LogP contribution in [0.3, 0.4) is 0 Å². The molecule has 1 spiro atoms. The minimum Gasteiger partial charge on any atom is -0.474 e. The SMILES string of the molecule is Cc1ccnc(OC2CCOC3(CCN(C(=O)c4cnccn4)CC3)C2)c1. The van der Waals surface area contributed by atoms with Crippen molar-refractivity contribution >= 4 is 5.91 Å². The molecule has 0 aromatic carbocycles. The molecular formula is C20H24N4O3. The molecule has 2 aromatic heterocycles. The molecule has 4 rings (SSSR count). The van der Waals surface area contributed by atoms with E-state index in [1.165, 1.54) is 6.20 Å². The first-order chi connectivity index (χ1) is 13.1.